The number of alkyl halides is 3. The Hall–Kier alpha value is -3.48. The first-order chi connectivity index (χ1) is 14.3. The van der Waals surface area contributed by atoms with Gasteiger partial charge in [-0.05, 0) is 23.8 Å². The molecule has 0 bridgehead atoms. The summed E-state index contributed by atoms with van der Waals surface area (Å²) in [7, 11) is 4.31. The zero-order chi connectivity index (χ0) is 21.9. The molecule has 0 atom stereocenters. The van der Waals surface area contributed by atoms with Crippen LogP contribution in [0.2, 0.25) is 0 Å². The van der Waals surface area contributed by atoms with Gasteiger partial charge in [0.15, 0.2) is 17.3 Å². The van der Waals surface area contributed by atoms with Gasteiger partial charge in [0.1, 0.15) is 0 Å². The van der Waals surface area contributed by atoms with E-state index in [0.29, 0.717) is 22.6 Å². The first-order valence-electron chi connectivity index (χ1n) is 8.92. The van der Waals surface area contributed by atoms with Crippen molar-refractivity contribution < 1.29 is 32.2 Å². The van der Waals surface area contributed by atoms with Crippen molar-refractivity contribution in [3.63, 3.8) is 0 Å². The third-order valence-corrected chi connectivity index (χ3v) is 4.61. The Morgan fingerprint density at radius 1 is 0.800 bits per heavy atom. The zero-order valence-electron chi connectivity index (χ0n) is 16.5. The summed E-state index contributed by atoms with van der Waals surface area (Å²) in [5.41, 5.74) is 0.642. The van der Waals surface area contributed by atoms with Crippen molar-refractivity contribution in [2.45, 2.75) is 6.18 Å². The number of benzene rings is 3. The lowest BCUT2D eigenvalue weighted by Crippen LogP contribution is -2.09. The summed E-state index contributed by atoms with van der Waals surface area (Å²) in [6.07, 6.45) is -4.48. The molecule has 156 valence electrons. The van der Waals surface area contributed by atoms with Gasteiger partial charge in [-0.25, -0.2) is 0 Å². The smallest absolute Gasteiger partial charge is 0.416 e. The minimum atomic E-state index is -4.48. The van der Waals surface area contributed by atoms with Crippen LogP contribution in [0.4, 0.5) is 13.2 Å². The van der Waals surface area contributed by atoms with Crippen molar-refractivity contribution in [2.75, 3.05) is 21.3 Å². The van der Waals surface area contributed by atoms with E-state index in [4.69, 9.17) is 14.2 Å². The molecule has 3 aromatic carbocycles. The first-order valence-corrected chi connectivity index (χ1v) is 8.92. The maximum Gasteiger partial charge on any atom is 0.416 e. The average molecular weight is 416 g/mol. The zero-order valence-corrected chi connectivity index (χ0v) is 16.5. The van der Waals surface area contributed by atoms with Gasteiger partial charge in [0.05, 0.1) is 26.9 Å². The number of ketones is 1. The van der Waals surface area contributed by atoms with Crippen LogP contribution in [0.25, 0.3) is 11.1 Å². The Morgan fingerprint density at radius 2 is 1.40 bits per heavy atom. The number of ether oxygens (including phenoxy) is 3. The van der Waals surface area contributed by atoms with Crippen LogP contribution in [-0.4, -0.2) is 27.1 Å². The van der Waals surface area contributed by atoms with E-state index in [-0.39, 0.29) is 16.9 Å². The standard InChI is InChI=1S/C23H19F3O4/c1-28-18-13-17(20(27)15-9-11-16(12-10-15)23(24,25)26)19(14-7-5-4-6-8-14)22(30-3)21(18)29-2/h4-13H,1-3H3. The van der Waals surface area contributed by atoms with Crippen LogP contribution in [0.1, 0.15) is 21.5 Å². The lowest BCUT2D eigenvalue weighted by molar-refractivity contribution is -0.137. The topological polar surface area (TPSA) is 44.8 Å². The van der Waals surface area contributed by atoms with E-state index >= 15 is 0 Å². The summed E-state index contributed by atoms with van der Waals surface area (Å²) in [4.78, 5) is 13.3. The van der Waals surface area contributed by atoms with E-state index in [1.807, 2.05) is 6.07 Å². The van der Waals surface area contributed by atoms with Gasteiger partial charge in [-0.1, -0.05) is 42.5 Å². The average Bonchev–Trinajstić information content (AvgIpc) is 2.77. The van der Waals surface area contributed by atoms with Crippen LogP contribution < -0.4 is 14.2 Å². The van der Waals surface area contributed by atoms with Crippen molar-refractivity contribution >= 4 is 5.78 Å². The Bertz CT molecular complexity index is 1040. The fraction of sp³-hybridized carbons (Fsp3) is 0.174. The van der Waals surface area contributed by atoms with Crippen molar-refractivity contribution in [3.05, 3.63) is 77.4 Å². The van der Waals surface area contributed by atoms with Crippen LogP contribution in [-0.2, 0) is 6.18 Å². The summed E-state index contributed by atoms with van der Waals surface area (Å²) >= 11 is 0. The number of rotatable bonds is 6. The van der Waals surface area contributed by atoms with Crippen LogP contribution in [0, 0.1) is 0 Å². The van der Waals surface area contributed by atoms with Gasteiger partial charge in [0.25, 0.3) is 0 Å². The molecule has 0 radical (unpaired) electrons. The second-order valence-electron chi connectivity index (χ2n) is 6.34. The van der Waals surface area contributed by atoms with Crippen LogP contribution in [0.15, 0.2) is 60.7 Å². The SMILES string of the molecule is COc1cc(C(=O)c2ccc(C(F)(F)F)cc2)c(-c2ccccc2)c(OC)c1OC. The van der Waals surface area contributed by atoms with Gasteiger partial charge in [-0.2, -0.15) is 13.2 Å². The predicted octanol–water partition coefficient (Wildman–Crippen LogP) is 5.63. The van der Waals surface area contributed by atoms with E-state index in [1.165, 1.54) is 27.4 Å². The first kappa shape index (κ1) is 21.2. The molecule has 30 heavy (non-hydrogen) atoms. The molecule has 0 aliphatic carbocycles. The van der Waals surface area contributed by atoms with E-state index in [0.717, 1.165) is 24.3 Å². The quantitative estimate of drug-likeness (QED) is 0.489. The largest absolute Gasteiger partial charge is 0.493 e. The van der Waals surface area contributed by atoms with Gasteiger partial charge in [0, 0.05) is 16.7 Å². The monoisotopic (exact) mass is 416 g/mol. The number of methoxy groups -OCH3 is 3. The third kappa shape index (κ3) is 3.96. The highest BCUT2D eigenvalue weighted by atomic mass is 19.4. The van der Waals surface area contributed by atoms with Gasteiger partial charge in [-0.15, -0.1) is 0 Å². The third-order valence-electron chi connectivity index (χ3n) is 4.61. The van der Waals surface area contributed by atoms with E-state index in [1.54, 1.807) is 24.3 Å². The molecular weight excluding hydrogens is 397 g/mol. The second kappa shape index (κ2) is 8.49. The molecule has 0 heterocycles. The molecule has 0 saturated heterocycles. The Kier molecular flexibility index (Phi) is 6.01. The van der Waals surface area contributed by atoms with Gasteiger partial charge >= 0.3 is 6.18 Å². The minimum absolute atomic E-state index is 0.106. The highest BCUT2D eigenvalue weighted by Crippen LogP contribution is 2.47. The highest BCUT2D eigenvalue weighted by Gasteiger charge is 2.31. The summed E-state index contributed by atoms with van der Waals surface area (Å²) in [6.45, 7) is 0. The number of halogens is 3. The van der Waals surface area contributed by atoms with Crippen molar-refractivity contribution in [2.24, 2.45) is 0 Å². The molecule has 4 nitrogen and oxygen atoms in total. The number of hydrogen-bond donors (Lipinski definition) is 0. The molecule has 0 aromatic heterocycles. The van der Waals surface area contributed by atoms with Crippen molar-refractivity contribution in [3.8, 4) is 28.4 Å². The van der Waals surface area contributed by atoms with E-state index < -0.39 is 17.5 Å². The van der Waals surface area contributed by atoms with Crippen LogP contribution >= 0.6 is 0 Å². The number of carbonyl (C=O) groups is 1. The number of hydrogen-bond acceptors (Lipinski definition) is 4. The molecule has 0 saturated carbocycles. The Labute approximate surface area is 171 Å². The second-order valence-corrected chi connectivity index (χ2v) is 6.34. The molecule has 0 aliphatic heterocycles. The lowest BCUT2D eigenvalue weighted by atomic mass is 9.92. The summed E-state index contributed by atoms with van der Waals surface area (Å²) < 4.78 is 55.0. The van der Waals surface area contributed by atoms with Gasteiger partial charge in [-0.3, -0.25) is 4.79 Å². The summed E-state index contributed by atoms with van der Waals surface area (Å²) in [5.74, 6) is 0.396. The molecule has 0 amide bonds. The van der Waals surface area contributed by atoms with Gasteiger partial charge in [0.2, 0.25) is 5.75 Å². The predicted molar refractivity (Wildman–Crippen MR) is 106 cm³/mol. The number of carbonyl (C=O) groups excluding carboxylic acids is 1. The summed E-state index contributed by atoms with van der Waals surface area (Å²) in [5, 5.41) is 0. The molecule has 0 spiro atoms. The fourth-order valence-electron chi connectivity index (χ4n) is 3.19. The van der Waals surface area contributed by atoms with E-state index in [2.05, 4.69) is 0 Å². The summed E-state index contributed by atoms with van der Waals surface area (Å²) in [6, 6.07) is 14.6. The van der Waals surface area contributed by atoms with Crippen LogP contribution in [0.5, 0.6) is 17.2 Å². The molecule has 3 aromatic rings. The van der Waals surface area contributed by atoms with Gasteiger partial charge < -0.3 is 14.2 Å². The molecular formula is C23H19F3O4. The van der Waals surface area contributed by atoms with E-state index in [9.17, 15) is 18.0 Å². The Balaban J connectivity index is 2.23. The molecule has 0 N–H and O–H groups in total. The highest BCUT2D eigenvalue weighted by molar-refractivity contribution is 6.14. The Morgan fingerprint density at radius 3 is 1.90 bits per heavy atom. The van der Waals surface area contributed by atoms with Crippen LogP contribution in [0.3, 0.4) is 0 Å². The molecule has 3 rings (SSSR count). The van der Waals surface area contributed by atoms with Crippen molar-refractivity contribution in [1.29, 1.82) is 0 Å². The molecule has 0 aliphatic rings. The maximum absolute atomic E-state index is 13.3. The maximum atomic E-state index is 13.3. The molecule has 7 heteroatoms. The lowest BCUT2D eigenvalue weighted by Gasteiger charge is -2.19. The van der Waals surface area contributed by atoms with Crippen molar-refractivity contribution in [1.82, 2.24) is 0 Å². The molecule has 0 unspecified atom stereocenters. The fourth-order valence-corrected chi connectivity index (χ4v) is 3.19. The molecule has 0 fully saturated rings. The normalized spacial score (nSPS) is 11.1. The minimum Gasteiger partial charge on any atom is -0.493 e.